The number of hydrogen-bond acceptors (Lipinski definition) is 2. The van der Waals surface area contributed by atoms with Gasteiger partial charge >= 0.3 is 0 Å². The summed E-state index contributed by atoms with van der Waals surface area (Å²) in [4.78, 5) is 13.6. The largest absolute Gasteiger partial charge is 0.324 e. The molecule has 1 aliphatic rings. The quantitative estimate of drug-likeness (QED) is 0.719. The van der Waals surface area contributed by atoms with E-state index in [2.05, 4.69) is 11.4 Å². The Morgan fingerprint density at radius 3 is 2.79 bits per heavy atom. The zero-order valence-corrected chi connectivity index (χ0v) is 8.45. The van der Waals surface area contributed by atoms with Crippen LogP contribution in [0, 0.1) is 0 Å². The molecule has 1 unspecified atom stereocenters. The van der Waals surface area contributed by atoms with Crippen molar-refractivity contribution in [1.82, 2.24) is 4.90 Å². The van der Waals surface area contributed by atoms with E-state index in [1.165, 1.54) is 5.56 Å². The third-order valence-corrected chi connectivity index (χ3v) is 2.61. The van der Waals surface area contributed by atoms with E-state index in [0.717, 1.165) is 12.1 Å². The van der Waals surface area contributed by atoms with Gasteiger partial charge in [-0.1, -0.05) is 18.2 Å². The molecule has 1 aliphatic heterocycles. The molecule has 1 amide bonds. The van der Waals surface area contributed by atoms with Crippen LogP contribution in [0.4, 0.5) is 5.69 Å². The number of para-hydroxylation sites is 1. The van der Waals surface area contributed by atoms with E-state index in [4.69, 9.17) is 0 Å². The molecule has 74 valence electrons. The second kappa shape index (κ2) is 3.42. The van der Waals surface area contributed by atoms with Crippen molar-refractivity contribution in [1.29, 1.82) is 0 Å². The number of nitrogens with zero attached hydrogens (tertiary/aromatic N) is 1. The van der Waals surface area contributed by atoms with E-state index < -0.39 is 0 Å². The zero-order valence-electron chi connectivity index (χ0n) is 8.45. The standard InChI is InChI=1S/C11H14N2O/c1-13(2)10-7-8-5-3-4-6-9(8)12-11(10)14/h3-6,10H,7H2,1-2H3,(H,12,14). The van der Waals surface area contributed by atoms with Crippen LogP contribution >= 0.6 is 0 Å². The van der Waals surface area contributed by atoms with Gasteiger partial charge in [0.05, 0.1) is 6.04 Å². The van der Waals surface area contributed by atoms with Crippen molar-refractivity contribution in [2.45, 2.75) is 12.5 Å². The maximum atomic E-state index is 11.6. The minimum absolute atomic E-state index is 0.0371. The minimum Gasteiger partial charge on any atom is -0.324 e. The minimum atomic E-state index is -0.0371. The van der Waals surface area contributed by atoms with Crippen LogP contribution in [0.5, 0.6) is 0 Å². The SMILES string of the molecule is CN(C)C1Cc2ccccc2NC1=O. The van der Waals surface area contributed by atoms with Gasteiger partial charge < -0.3 is 5.32 Å². The fourth-order valence-electron chi connectivity index (χ4n) is 1.75. The van der Waals surface area contributed by atoms with E-state index in [9.17, 15) is 4.79 Å². The summed E-state index contributed by atoms with van der Waals surface area (Å²) >= 11 is 0. The Hall–Kier alpha value is -1.35. The van der Waals surface area contributed by atoms with Crippen molar-refractivity contribution < 1.29 is 4.79 Å². The first kappa shape index (κ1) is 9.21. The highest BCUT2D eigenvalue weighted by Gasteiger charge is 2.26. The lowest BCUT2D eigenvalue weighted by Crippen LogP contribution is -2.44. The molecule has 1 aromatic carbocycles. The molecule has 0 saturated carbocycles. The van der Waals surface area contributed by atoms with Gasteiger partial charge in [0, 0.05) is 5.69 Å². The Labute approximate surface area is 83.7 Å². The molecular weight excluding hydrogens is 176 g/mol. The summed E-state index contributed by atoms with van der Waals surface area (Å²) < 4.78 is 0. The highest BCUT2D eigenvalue weighted by atomic mass is 16.2. The van der Waals surface area contributed by atoms with Gasteiger partial charge in [0.2, 0.25) is 5.91 Å². The van der Waals surface area contributed by atoms with E-state index >= 15 is 0 Å². The van der Waals surface area contributed by atoms with Crippen LogP contribution < -0.4 is 5.32 Å². The number of amides is 1. The van der Waals surface area contributed by atoms with Crippen molar-refractivity contribution in [2.24, 2.45) is 0 Å². The molecule has 0 bridgehead atoms. The Morgan fingerprint density at radius 1 is 1.36 bits per heavy atom. The fourth-order valence-corrected chi connectivity index (χ4v) is 1.75. The van der Waals surface area contributed by atoms with Gasteiger partial charge in [-0.15, -0.1) is 0 Å². The van der Waals surface area contributed by atoms with Gasteiger partial charge in [-0.2, -0.15) is 0 Å². The van der Waals surface area contributed by atoms with Crippen molar-refractivity contribution in [3.05, 3.63) is 29.8 Å². The number of fused-ring (bicyclic) bond motifs is 1. The number of hydrogen-bond donors (Lipinski definition) is 1. The van der Waals surface area contributed by atoms with Crippen molar-refractivity contribution in [3.63, 3.8) is 0 Å². The summed E-state index contributed by atoms with van der Waals surface area (Å²) in [5, 5.41) is 2.91. The normalized spacial score (nSPS) is 20.5. The second-order valence-corrected chi connectivity index (χ2v) is 3.83. The Balaban J connectivity index is 2.31. The number of likely N-dealkylation sites (N-methyl/N-ethyl adjacent to an activating group) is 1. The Bertz CT molecular complexity index is 360. The maximum absolute atomic E-state index is 11.6. The lowest BCUT2D eigenvalue weighted by Gasteiger charge is -2.28. The van der Waals surface area contributed by atoms with Crippen LogP contribution in [-0.4, -0.2) is 30.9 Å². The third kappa shape index (κ3) is 1.51. The number of carbonyl (C=O) groups is 1. The number of benzene rings is 1. The van der Waals surface area contributed by atoms with Gasteiger partial charge in [0.1, 0.15) is 0 Å². The van der Waals surface area contributed by atoms with Gasteiger partial charge in [-0.05, 0) is 32.1 Å². The van der Waals surface area contributed by atoms with Gasteiger partial charge in [0.15, 0.2) is 0 Å². The highest BCUT2D eigenvalue weighted by molar-refractivity contribution is 5.97. The molecule has 1 N–H and O–H groups in total. The molecular formula is C11H14N2O. The van der Waals surface area contributed by atoms with Crippen LogP contribution in [0.25, 0.3) is 0 Å². The number of carbonyl (C=O) groups excluding carboxylic acids is 1. The summed E-state index contributed by atoms with van der Waals surface area (Å²) in [7, 11) is 3.86. The molecule has 0 fully saturated rings. The molecule has 0 radical (unpaired) electrons. The first-order valence-corrected chi connectivity index (χ1v) is 4.73. The summed E-state index contributed by atoms with van der Waals surface area (Å²) in [6.45, 7) is 0. The van der Waals surface area contributed by atoms with Crippen LogP contribution in [0.3, 0.4) is 0 Å². The van der Waals surface area contributed by atoms with Crippen LogP contribution in [0.15, 0.2) is 24.3 Å². The molecule has 1 atom stereocenters. The molecule has 0 aromatic heterocycles. The molecule has 3 nitrogen and oxygen atoms in total. The zero-order chi connectivity index (χ0) is 10.1. The van der Waals surface area contributed by atoms with Crippen LogP contribution in [0.1, 0.15) is 5.56 Å². The molecule has 0 aliphatic carbocycles. The van der Waals surface area contributed by atoms with Crippen LogP contribution in [-0.2, 0) is 11.2 Å². The Kier molecular flexibility index (Phi) is 2.25. The summed E-state index contributed by atoms with van der Waals surface area (Å²) in [6.07, 6.45) is 0.801. The predicted molar refractivity (Wildman–Crippen MR) is 56.3 cm³/mol. The highest BCUT2D eigenvalue weighted by Crippen LogP contribution is 2.23. The third-order valence-electron chi connectivity index (χ3n) is 2.61. The first-order chi connectivity index (χ1) is 6.68. The summed E-state index contributed by atoms with van der Waals surface area (Å²) in [6, 6.07) is 7.91. The predicted octanol–water partition coefficient (Wildman–Crippen LogP) is 1.11. The number of nitrogens with one attached hydrogen (secondary N) is 1. The maximum Gasteiger partial charge on any atom is 0.242 e. The monoisotopic (exact) mass is 190 g/mol. The van der Waals surface area contributed by atoms with E-state index in [1.807, 2.05) is 37.2 Å². The van der Waals surface area contributed by atoms with E-state index in [1.54, 1.807) is 0 Å². The number of rotatable bonds is 1. The lowest BCUT2D eigenvalue weighted by molar-refractivity contribution is -0.120. The Morgan fingerprint density at radius 2 is 2.07 bits per heavy atom. The molecule has 1 heterocycles. The van der Waals surface area contributed by atoms with Crippen LogP contribution in [0.2, 0.25) is 0 Å². The van der Waals surface area contributed by atoms with E-state index in [0.29, 0.717) is 0 Å². The smallest absolute Gasteiger partial charge is 0.242 e. The molecule has 1 aromatic rings. The molecule has 3 heteroatoms. The van der Waals surface area contributed by atoms with E-state index in [-0.39, 0.29) is 11.9 Å². The van der Waals surface area contributed by atoms with Crippen molar-refractivity contribution in [2.75, 3.05) is 19.4 Å². The average molecular weight is 190 g/mol. The molecule has 0 saturated heterocycles. The summed E-state index contributed by atoms with van der Waals surface area (Å²) in [5.74, 6) is 0.0914. The van der Waals surface area contributed by atoms with Crippen molar-refractivity contribution >= 4 is 11.6 Å². The van der Waals surface area contributed by atoms with Gasteiger partial charge in [-0.25, -0.2) is 0 Å². The van der Waals surface area contributed by atoms with Crippen molar-refractivity contribution in [3.8, 4) is 0 Å². The average Bonchev–Trinajstić information content (AvgIpc) is 2.16. The molecule has 14 heavy (non-hydrogen) atoms. The fraction of sp³-hybridized carbons (Fsp3) is 0.364. The topological polar surface area (TPSA) is 32.3 Å². The lowest BCUT2D eigenvalue weighted by atomic mass is 9.98. The first-order valence-electron chi connectivity index (χ1n) is 4.73. The number of anilines is 1. The summed E-state index contributed by atoms with van der Waals surface area (Å²) in [5.41, 5.74) is 2.17. The molecule has 0 spiro atoms. The van der Waals surface area contributed by atoms with Gasteiger partial charge in [0.25, 0.3) is 0 Å². The second-order valence-electron chi connectivity index (χ2n) is 3.83. The molecule has 2 rings (SSSR count). The van der Waals surface area contributed by atoms with Gasteiger partial charge in [-0.3, -0.25) is 9.69 Å².